The molecule has 1 atom stereocenters. The van der Waals surface area contributed by atoms with E-state index in [1.165, 1.54) is 11.1 Å². The molecule has 104 valence electrons. The Morgan fingerprint density at radius 2 is 1.79 bits per heavy atom. The summed E-state index contributed by atoms with van der Waals surface area (Å²) in [6.45, 7) is 11.9. The maximum absolute atomic E-state index is 3.58. The van der Waals surface area contributed by atoms with Gasteiger partial charge >= 0.3 is 0 Å². The predicted molar refractivity (Wildman–Crippen MR) is 84.2 cm³/mol. The lowest BCUT2D eigenvalue weighted by Gasteiger charge is -2.21. The van der Waals surface area contributed by atoms with Gasteiger partial charge in [0.15, 0.2) is 0 Å². The zero-order valence-electron chi connectivity index (χ0n) is 13.0. The van der Waals surface area contributed by atoms with Gasteiger partial charge in [0.1, 0.15) is 0 Å². The van der Waals surface area contributed by atoms with Crippen LogP contribution in [0.3, 0.4) is 0 Å². The van der Waals surface area contributed by atoms with Gasteiger partial charge in [-0.3, -0.25) is 0 Å². The minimum Gasteiger partial charge on any atom is -0.309 e. The largest absolute Gasteiger partial charge is 0.309 e. The quantitative estimate of drug-likeness (QED) is 0.769. The van der Waals surface area contributed by atoms with Gasteiger partial charge in [-0.05, 0) is 36.4 Å². The smallest absolute Gasteiger partial charge is 0.0430 e. The summed E-state index contributed by atoms with van der Waals surface area (Å²) in [7, 11) is 0. The van der Waals surface area contributed by atoms with Gasteiger partial charge < -0.3 is 5.32 Å². The van der Waals surface area contributed by atoms with Gasteiger partial charge in [0.25, 0.3) is 0 Å². The second kappa shape index (κ2) is 7.36. The minimum absolute atomic E-state index is 0.216. The zero-order chi connectivity index (χ0) is 14.3. The molecule has 0 aliphatic rings. The van der Waals surface area contributed by atoms with Gasteiger partial charge in [0.05, 0.1) is 0 Å². The Morgan fingerprint density at radius 1 is 1.16 bits per heavy atom. The maximum atomic E-state index is 3.58. The average Bonchev–Trinajstić information content (AvgIpc) is 2.38. The van der Waals surface area contributed by atoms with Crippen molar-refractivity contribution in [3.05, 3.63) is 35.4 Å². The molecule has 1 aromatic carbocycles. The second-order valence-corrected chi connectivity index (χ2v) is 6.01. The number of rotatable bonds is 5. The zero-order valence-corrected chi connectivity index (χ0v) is 13.0. The highest BCUT2D eigenvalue weighted by atomic mass is 14.9. The summed E-state index contributed by atoms with van der Waals surface area (Å²) in [6.07, 6.45) is 2.03. The lowest BCUT2D eigenvalue weighted by molar-refractivity contribution is 0.540. The molecule has 1 heteroatoms. The molecule has 1 N–H and O–H groups in total. The normalized spacial score (nSPS) is 12.7. The highest BCUT2D eigenvalue weighted by molar-refractivity contribution is 5.30. The number of benzene rings is 1. The molecule has 0 heterocycles. The van der Waals surface area contributed by atoms with E-state index in [9.17, 15) is 0 Å². The topological polar surface area (TPSA) is 12.0 Å². The Labute approximate surface area is 118 Å². The molecule has 0 saturated carbocycles. The fourth-order valence-electron chi connectivity index (χ4n) is 2.05. The summed E-state index contributed by atoms with van der Waals surface area (Å²) < 4.78 is 0. The van der Waals surface area contributed by atoms with Crippen molar-refractivity contribution >= 4 is 0 Å². The lowest BCUT2D eigenvalue weighted by Crippen LogP contribution is -2.22. The molecular weight excluding hydrogens is 230 g/mol. The first-order valence-corrected chi connectivity index (χ1v) is 7.22. The van der Waals surface area contributed by atoms with Crippen LogP contribution in [-0.2, 0) is 5.41 Å². The molecule has 0 amide bonds. The number of nitrogens with one attached hydrogen (secondary N) is 1. The van der Waals surface area contributed by atoms with Crippen molar-refractivity contribution in [1.82, 2.24) is 5.32 Å². The van der Waals surface area contributed by atoms with Gasteiger partial charge in [0, 0.05) is 12.5 Å². The van der Waals surface area contributed by atoms with Crippen LogP contribution in [-0.4, -0.2) is 6.54 Å². The number of hydrogen-bond donors (Lipinski definition) is 1. The third-order valence-corrected chi connectivity index (χ3v) is 3.30. The Bertz CT molecular complexity index is 425. The Balaban J connectivity index is 2.85. The molecule has 0 aromatic heterocycles. The molecule has 0 fully saturated rings. The van der Waals surface area contributed by atoms with Gasteiger partial charge in [-0.1, -0.05) is 52.0 Å². The molecule has 1 aromatic rings. The summed E-state index contributed by atoms with van der Waals surface area (Å²) in [4.78, 5) is 0. The van der Waals surface area contributed by atoms with Crippen LogP contribution in [0.15, 0.2) is 24.3 Å². The molecule has 0 aliphatic heterocycles. The van der Waals surface area contributed by atoms with E-state index in [2.05, 4.69) is 69.1 Å². The Kier molecular flexibility index (Phi) is 6.12. The Hall–Kier alpha value is -1.26. The third-order valence-electron chi connectivity index (χ3n) is 3.30. The monoisotopic (exact) mass is 257 g/mol. The highest BCUT2D eigenvalue weighted by Crippen LogP contribution is 2.24. The van der Waals surface area contributed by atoms with E-state index in [0.717, 1.165) is 19.4 Å². The summed E-state index contributed by atoms with van der Waals surface area (Å²) in [6, 6.07) is 9.32. The van der Waals surface area contributed by atoms with E-state index in [1.54, 1.807) is 0 Å². The van der Waals surface area contributed by atoms with Gasteiger partial charge in [-0.15, -0.1) is 11.8 Å². The van der Waals surface area contributed by atoms with Crippen LogP contribution >= 0.6 is 0 Å². The first kappa shape index (κ1) is 15.8. The van der Waals surface area contributed by atoms with E-state index in [1.807, 2.05) is 6.92 Å². The third kappa shape index (κ3) is 5.09. The molecule has 0 saturated heterocycles. The molecule has 0 radical (unpaired) electrons. The second-order valence-electron chi connectivity index (χ2n) is 6.01. The first-order valence-electron chi connectivity index (χ1n) is 7.22. The molecular formula is C18H27N. The predicted octanol–water partition coefficient (Wildman–Crippen LogP) is 4.44. The van der Waals surface area contributed by atoms with Crippen LogP contribution in [0.25, 0.3) is 0 Å². The molecule has 0 bridgehead atoms. The van der Waals surface area contributed by atoms with Crippen LogP contribution in [0.2, 0.25) is 0 Å². The summed E-state index contributed by atoms with van der Waals surface area (Å²) >= 11 is 0. The van der Waals surface area contributed by atoms with E-state index in [0.29, 0.717) is 6.04 Å². The van der Waals surface area contributed by atoms with E-state index in [4.69, 9.17) is 0 Å². The number of hydrogen-bond acceptors (Lipinski definition) is 1. The van der Waals surface area contributed by atoms with Crippen LogP contribution in [0.5, 0.6) is 0 Å². The molecule has 0 aliphatic carbocycles. The lowest BCUT2D eigenvalue weighted by atomic mass is 9.86. The van der Waals surface area contributed by atoms with Crippen molar-refractivity contribution in [3.8, 4) is 11.8 Å². The van der Waals surface area contributed by atoms with Crippen molar-refractivity contribution in [3.63, 3.8) is 0 Å². The van der Waals surface area contributed by atoms with Gasteiger partial charge in [0.2, 0.25) is 0 Å². The van der Waals surface area contributed by atoms with Crippen molar-refractivity contribution in [1.29, 1.82) is 0 Å². The highest BCUT2D eigenvalue weighted by Gasteiger charge is 2.15. The van der Waals surface area contributed by atoms with E-state index < -0.39 is 0 Å². The summed E-state index contributed by atoms with van der Waals surface area (Å²) in [5.74, 6) is 6.18. The average molecular weight is 257 g/mol. The fraction of sp³-hybridized carbons (Fsp3) is 0.556. The molecule has 0 spiro atoms. The molecule has 1 nitrogen and oxygen atoms in total. The first-order chi connectivity index (χ1) is 8.99. The molecule has 1 unspecified atom stereocenters. The van der Waals surface area contributed by atoms with Crippen LogP contribution in [0.1, 0.15) is 64.6 Å². The van der Waals surface area contributed by atoms with Gasteiger partial charge in [-0.25, -0.2) is 0 Å². The molecule has 19 heavy (non-hydrogen) atoms. The Morgan fingerprint density at radius 3 is 2.26 bits per heavy atom. The summed E-state index contributed by atoms with van der Waals surface area (Å²) in [5, 5.41) is 3.58. The van der Waals surface area contributed by atoms with Crippen LogP contribution in [0.4, 0.5) is 0 Å². The van der Waals surface area contributed by atoms with Crippen molar-refractivity contribution < 1.29 is 0 Å². The van der Waals surface area contributed by atoms with Crippen LogP contribution in [0, 0.1) is 11.8 Å². The minimum atomic E-state index is 0.216. The van der Waals surface area contributed by atoms with E-state index >= 15 is 0 Å². The fourth-order valence-corrected chi connectivity index (χ4v) is 2.05. The molecule has 1 rings (SSSR count). The van der Waals surface area contributed by atoms with Gasteiger partial charge in [-0.2, -0.15) is 0 Å². The maximum Gasteiger partial charge on any atom is 0.0430 e. The van der Waals surface area contributed by atoms with Crippen molar-refractivity contribution in [2.45, 2.75) is 58.9 Å². The standard InChI is InChI=1S/C18H27N/c1-6-8-9-17(19-14-7-2)15-10-12-16(13-11-15)18(3,4)5/h10-13,17,19H,7,9,14H2,1-5H3. The van der Waals surface area contributed by atoms with Crippen molar-refractivity contribution in [2.24, 2.45) is 0 Å². The van der Waals surface area contributed by atoms with Crippen LogP contribution < -0.4 is 5.32 Å². The SMILES string of the molecule is CC#CCC(NCCC)c1ccc(C(C)(C)C)cc1. The van der Waals surface area contributed by atoms with E-state index in [-0.39, 0.29) is 5.41 Å². The van der Waals surface area contributed by atoms with Crippen molar-refractivity contribution in [2.75, 3.05) is 6.54 Å². The summed E-state index contributed by atoms with van der Waals surface area (Å²) in [5.41, 5.74) is 2.94.